The van der Waals surface area contributed by atoms with Gasteiger partial charge in [0.05, 0.1) is 12.3 Å². The standard InChI is InChI=1S/C23H32N2O6.ClH/c1-2-30-23(29)17(13-12-16-8-4-3-5-9-16)24-18-15-31-20-11-7-6-10-19(20)25(22(18)28)14-21(26)27;/h6-7,10-11,16-18,24H,2-5,8-9,12-15H2,1H3,(H,26,27);1H/t17-,18?;/m0./s1. The second-order valence-electron chi connectivity index (χ2n) is 8.20. The number of anilines is 1. The van der Waals surface area contributed by atoms with Gasteiger partial charge in [0.1, 0.15) is 31.0 Å². The summed E-state index contributed by atoms with van der Waals surface area (Å²) in [5.74, 6) is -0.919. The molecular weight excluding hydrogens is 436 g/mol. The zero-order chi connectivity index (χ0) is 22.2. The lowest BCUT2D eigenvalue weighted by molar-refractivity contribution is -0.146. The van der Waals surface area contributed by atoms with Crippen LogP contribution in [0.25, 0.3) is 0 Å². The Morgan fingerprint density at radius 1 is 1.25 bits per heavy atom. The Morgan fingerprint density at radius 2 is 1.97 bits per heavy atom. The van der Waals surface area contributed by atoms with Crippen molar-refractivity contribution in [1.29, 1.82) is 0 Å². The molecule has 1 aromatic rings. The van der Waals surface area contributed by atoms with Crippen molar-refractivity contribution in [1.82, 2.24) is 5.32 Å². The van der Waals surface area contributed by atoms with Crippen LogP contribution in [0.15, 0.2) is 24.3 Å². The van der Waals surface area contributed by atoms with Crippen molar-refractivity contribution < 1.29 is 29.0 Å². The molecule has 1 unspecified atom stereocenters. The highest BCUT2D eigenvalue weighted by Crippen LogP contribution is 2.31. The van der Waals surface area contributed by atoms with E-state index < -0.39 is 36.5 Å². The summed E-state index contributed by atoms with van der Waals surface area (Å²) >= 11 is 0. The number of halogens is 1. The van der Waals surface area contributed by atoms with Crippen molar-refractivity contribution in [2.45, 2.75) is 64.0 Å². The summed E-state index contributed by atoms with van der Waals surface area (Å²) in [6.07, 6.45) is 7.50. The van der Waals surface area contributed by atoms with Crippen LogP contribution >= 0.6 is 12.4 Å². The SMILES string of the molecule is CCOC(=O)[C@H](CCC1CCCCC1)NC1COc2ccccc2N(CC(=O)O)C1=O.Cl. The quantitative estimate of drug-likeness (QED) is 0.536. The molecule has 2 N–H and O–H groups in total. The van der Waals surface area contributed by atoms with Gasteiger partial charge in [-0.3, -0.25) is 24.6 Å². The monoisotopic (exact) mass is 468 g/mol. The lowest BCUT2D eigenvalue weighted by Crippen LogP contribution is -2.54. The number of amides is 1. The van der Waals surface area contributed by atoms with Crippen LogP contribution in [0.4, 0.5) is 5.69 Å². The molecule has 1 aliphatic heterocycles. The minimum absolute atomic E-state index is 0. The highest BCUT2D eigenvalue weighted by atomic mass is 35.5. The molecule has 3 rings (SSSR count). The first kappa shape index (κ1) is 25.9. The Labute approximate surface area is 195 Å². The molecule has 1 saturated carbocycles. The maximum absolute atomic E-state index is 13.2. The van der Waals surface area contributed by atoms with Gasteiger partial charge in [-0.2, -0.15) is 0 Å². The number of nitrogens with zero attached hydrogens (tertiary/aromatic N) is 1. The molecule has 1 fully saturated rings. The van der Waals surface area contributed by atoms with Crippen molar-refractivity contribution in [2.24, 2.45) is 5.92 Å². The minimum atomic E-state index is -1.12. The summed E-state index contributed by atoms with van der Waals surface area (Å²) in [5, 5.41) is 12.5. The number of rotatable bonds is 9. The fourth-order valence-corrected chi connectivity index (χ4v) is 4.40. The number of hydrogen-bond donors (Lipinski definition) is 2. The fraction of sp³-hybridized carbons (Fsp3) is 0.609. The normalized spacial score (nSPS) is 19.7. The number of fused-ring (bicyclic) bond motifs is 1. The van der Waals surface area contributed by atoms with Gasteiger partial charge in [0.25, 0.3) is 0 Å². The molecule has 2 atom stereocenters. The summed E-state index contributed by atoms with van der Waals surface area (Å²) in [6, 6.07) is 5.35. The molecule has 1 aliphatic carbocycles. The second kappa shape index (κ2) is 12.6. The molecule has 0 bridgehead atoms. The molecular formula is C23H33ClN2O6. The van der Waals surface area contributed by atoms with E-state index in [0.29, 0.717) is 23.8 Å². The van der Waals surface area contributed by atoms with Gasteiger partial charge in [-0.05, 0) is 37.8 Å². The molecule has 1 heterocycles. The number of esters is 1. The van der Waals surface area contributed by atoms with E-state index in [1.54, 1.807) is 31.2 Å². The number of ether oxygens (including phenoxy) is 2. The largest absolute Gasteiger partial charge is 0.489 e. The number of carboxylic acid groups (broad SMARTS) is 1. The van der Waals surface area contributed by atoms with Crippen LogP contribution in [0.3, 0.4) is 0 Å². The molecule has 0 radical (unpaired) electrons. The summed E-state index contributed by atoms with van der Waals surface area (Å²) < 4.78 is 11.1. The van der Waals surface area contributed by atoms with E-state index in [-0.39, 0.29) is 25.6 Å². The van der Waals surface area contributed by atoms with E-state index in [1.165, 1.54) is 37.0 Å². The summed E-state index contributed by atoms with van der Waals surface area (Å²) in [6.45, 7) is 1.53. The number of hydrogen-bond acceptors (Lipinski definition) is 6. The van der Waals surface area contributed by atoms with E-state index >= 15 is 0 Å². The highest BCUT2D eigenvalue weighted by molar-refractivity contribution is 6.02. The Balaban J connectivity index is 0.00000363. The topological polar surface area (TPSA) is 105 Å². The van der Waals surface area contributed by atoms with Crippen molar-refractivity contribution in [3.8, 4) is 5.75 Å². The van der Waals surface area contributed by atoms with E-state index in [9.17, 15) is 19.5 Å². The maximum Gasteiger partial charge on any atom is 0.323 e. The van der Waals surface area contributed by atoms with Gasteiger partial charge in [-0.1, -0.05) is 44.2 Å². The maximum atomic E-state index is 13.2. The van der Waals surface area contributed by atoms with Crippen molar-refractivity contribution in [2.75, 3.05) is 24.7 Å². The molecule has 0 spiro atoms. The number of nitrogens with one attached hydrogen (secondary N) is 1. The van der Waals surface area contributed by atoms with Gasteiger partial charge in [0.15, 0.2) is 0 Å². The first-order valence-corrected chi connectivity index (χ1v) is 11.2. The zero-order valence-electron chi connectivity index (χ0n) is 18.5. The van der Waals surface area contributed by atoms with E-state index in [4.69, 9.17) is 9.47 Å². The summed E-state index contributed by atoms with van der Waals surface area (Å²) in [5.41, 5.74) is 0.411. The van der Waals surface area contributed by atoms with Gasteiger partial charge in [0, 0.05) is 0 Å². The number of aliphatic carboxylic acids is 1. The van der Waals surface area contributed by atoms with Crippen LogP contribution in [-0.4, -0.2) is 54.8 Å². The molecule has 2 aliphatic rings. The van der Waals surface area contributed by atoms with Crippen LogP contribution in [0.1, 0.15) is 51.9 Å². The van der Waals surface area contributed by atoms with Gasteiger partial charge in [-0.15, -0.1) is 12.4 Å². The van der Waals surface area contributed by atoms with E-state index in [0.717, 1.165) is 6.42 Å². The number of carbonyl (C=O) groups is 3. The van der Waals surface area contributed by atoms with Crippen molar-refractivity contribution in [3.63, 3.8) is 0 Å². The molecule has 1 aromatic carbocycles. The lowest BCUT2D eigenvalue weighted by Gasteiger charge is -2.27. The predicted octanol–water partition coefficient (Wildman–Crippen LogP) is 3.17. The number of para-hydroxylation sites is 2. The van der Waals surface area contributed by atoms with Crippen LogP contribution in [0, 0.1) is 5.92 Å². The molecule has 9 heteroatoms. The predicted molar refractivity (Wildman–Crippen MR) is 122 cm³/mol. The molecule has 8 nitrogen and oxygen atoms in total. The van der Waals surface area contributed by atoms with Crippen LogP contribution < -0.4 is 15.0 Å². The van der Waals surface area contributed by atoms with Gasteiger partial charge in [-0.25, -0.2) is 0 Å². The average Bonchev–Trinajstić information content (AvgIpc) is 2.89. The first-order valence-electron chi connectivity index (χ1n) is 11.2. The molecule has 1 amide bonds. The minimum Gasteiger partial charge on any atom is -0.489 e. The lowest BCUT2D eigenvalue weighted by atomic mass is 9.85. The smallest absolute Gasteiger partial charge is 0.323 e. The number of carbonyl (C=O) groups excluding carboxylic acids is 2. The Bertz CT molecular complexity index is 784. The molecule has 0 aromatic heterocycles. The van der Waals surface area contributed by atoms with Crippen molar-refractivity contribution >= 4 is 35.9 Å². The Morgan fingerprint density at radius 3 is 2.66 bits per heavy atom. The molecule has 32 heavy (non-hydrogen) atoms. The summed E-state index contributed by atoms with van der Waals surface area (Å²) in [7, 11) is 0. The third-order valence-corrected chi connectivity index (χ3v) is 5.98. The van der Waals surface area contributed by atoms with Crippen LogP contribution in [0.5, 0.6) is 5.75 Å². The van der Waals surface area contributed by atoms with E-state index in [1.807, 2.05) is 0 Å². The van der Waals surface area contributed by atoms with Gasteiger partial charge in [0.2, 0.25) is 5.91 Å². The highest BCUT2D eigenvalue weighted by Gasteiger charge is 2.35. The Hall–Kier alpha value is -2.32. The second-order valence-corrected chi connectivity index (χ2v) is 8.20. The average molecular weight is 469 g/mol. The van der Waals surface area contributed by atoms with Crippen LogP contribution in [0.2, 0.25) is 0 Å². The molecule has 178 valence electrons. The third kappa shape index (κ3) is 6.84. The van der Waals surface area contributed by atoms with Crippen LogP contribution in [-0.2, 0) is 19.1 Å². The van der Waals surface area contributed by atoms with Crippen molar-refractivity contribution in [3.05, 3.63) is 24.3 Å². The number of benzene rings is 1. The zero-order valence-corrected chi connectivity index (χ0v) is 19.3. The first-order chi connectivity index (χ1) is 15.0. The fourth-order valence-electron chi connectivity index (χ4n) is 4.40. The summed E-state index contributed by atoms with van der Waals surface area (Å²) in [4.78, 5) is 38.5. The van der Waals surface area contributed by atoms with E-state index in [2.05, 4.69) is 5.32 Å². The third-order valence-electron chi connectivity index (χ3n) is 5.98. The molecule has 0 saturated heterocycles. The van der Waals surface area contributed by atoms with Gasteiger partial charge >= 0.3 is 11.9 Å². The number of carboxylic acids is 1. The Kier molecular flexibility index (Phi) is 10.3. The van der Waals surface area contributed by atoms with Gasteiger partial charge < -0.3 is 14.6 Å².